The van der Waals surface area contributed by atoms with Crippen molar-refractivity contribution in [2.24, 2.45) is 0 Å². The van der Waals surface area contributed by atoms with Gasteiger partial charge in [-0.15, -0.1) is 34.3 Å². The van der Waals surface area contributed by atoms with Gasteiger partial charge in [0, 0.05) is 4.88 Å². The molecular weight excluding hydrogens is 323 g/mol. The molecule has 1 unspecified atom stereocenters. The normalized spacial score (nSPS) is 13.1. The van der Waals surface area contributed by atoms with E-state index in [1.807, 2.05) is 18.2 Å². The van der Waals surface area contributed by atoms with Crippen LogP contribution in [0.15, 0.2) is 27.4 Å². The molecular formula is C9H5BrCl2S2. The summed E-state index contributed by atoms with van der Waals surface area (Å²) in [5.74, 6) is 0. The molecule has 0 aliphatic heterocycles. The van der Waals surface area contributed by atoms with Crippen LogP contribution >= 0.6 is 61.8 Å². The zero-order valence-electron chi connectivity index (χ0n) is 6.84. The van der Waals surface area contributed by atoms with Gasteiger partial charge < -0.3 is 0 Å². The van der Waals surface area contributed by atoms with Gasteiger partial charge >= 0.3 is 0 Å². The van der Waals surface area contributed by atoms with E-state index in [1.54, 1.807) is 11.3 Å². The quantitative estimate of drug-likeness (QED) is 0.634. The molecule has 0 amide bonds. The standard InChI is InChI=1S/C9H5BrCl2S2/c10-7-3-5(4-13-7)9(12)6-1-2-8(11)14-6/h1-4,9H. The molecule has 0 aromatic carbocycles. The zero-order valence-corrected chi connectivity index (χ0v) is 11.6. The minimum absolute atomic E-state index is 0.0879. The van der Waals surface area contributed by atoms with Crippen LogP contribution in [0.2, 0.25) is 4.34 Å². The van der Waals surface area contributed by atoms with Crippen LogP contribution in [0.25, 0.3) is 0 Å². The van der Waals surface area contributed by atoms with Crippen LogP contribution in [0.1, 0.15) is 15.8 Å². The van der Waals surface area contributed by atoms with E-state index in [-0.39, 0.29) is 5.38 Å². The van der Waals surface area contributed by atoms with Crippen molar-refractivity contribution in [3.05, 3.63) is 42.1 Å². The van der Waals surface area contributed by atoms with Crippen LogP contribution in [0.4, 0.5) is 0 Å². The number of rotatable bonds is 2. The maximum atomic E-state index is 6.30. The molecule has 0 saturated heterocycles. The minimum atomic E-state index is -0.0879. The summed E-state index contributed by atoms with van der Waals surface area (Å²) in [6.07, 6.45) is 0. The average Bonchev–Trinajstić information content (AvgIpc) is 2.73. The van der Waals surface area contributed by atoms with Gasteiger partial charge in [-0.3, -0.25) is 0 Å². The SMILES string of the molecule is Clc1ccc(C(Cl)c2csc(Br)c2)s1. The smallest absolute Gasteiger partial charge is 0.0936 e. The third-order valence-electron chi connectivity index (χ3n) is 1.72. The highest BCUT2D eigenvalue weighted by molar-refractivity contribution is 9.11. The van der Waals surface area contributed by atoms with Crippen molar-refractivity contribution in [2.75, 3.05) is 0 Å². The summed E-state index contributed by atoms with van der Waals surface area (Å²) < 4.78 is 1.88. The third-order valence-corrected chi connectivity index (χ3v) is 5.16. The molecule has 0 saturated carbocycles. The predicted octanol–water partition coefficient (Wildman–Crippen LogP) is 5.55. The number of hydrogen-bond donors (Lipinski definition) is 0. The van der Waals surface area contributed by atoms with Crippen molar-refractivity contribution in [2.45, 2.75) is 5.38 Å². The molecule has 0 nitrogen and oxygen atoms in total. The molecule has 0 radical (unpaired) electrons. The first kappa shape index (κ1) is 11.0. The molecule has 0 spiro atoms. The Balaban J connectivity index is 2.28. The molecule has 2 aromatic heterocycles. The average molecular weight is 328 g/mol. The molecule has 14 heavy (non-hydrogen) atoms. The summed E-state index contributed by atoms with van der Waals surface area (Å²) >= 11 is 18.7. The molecule has 5 heteroatoms. The van der Waals surface area contributed by atoms with Gasteiger partial charge in [-0.05, 0) is 45.1 Å². The summed E-state index contributed by atoms with van der Waals surface area (Å²) in [4.78, 5) is 1.09. The van der Waals surface area contributed by atoms with Crippen molar-refractivity contribution >= 4 is 61.8 Å². The van der Waals surface area contributed by atoms with E-state index in [9.17, 15) is 0 Å². The van der Waals surface area contributed by atoms with Crippen LogP contribution in [0.3, 0.4) is 0 Å². The van der Waals surface area contributed by atoms with Crippen LogP contribution in [0, 0.1) is 0 Å². The van der Waals surface area contributed by atoms with E-state index in [2.05, 4.69) is 21.3 Å². The van der Waals surface area contributed by atoms with Gasteiger partial charge in [0.1, 0.15) is 0 Å². The Morgan fingerprint density at radius 1 is 1.36 bits per heavy atom. The first-order valence-corrected chi connectivity index (χ1v) is 7.10. The Morgan fingerprint density at radius 2 is 2.14 bits per heavy atom. The monoisotopic (exact) mass is 326 g/mol. The van der Waals surface area contributed by atoms with Crippen LogP contribution in [0.5, 0.6) is 0 Å². The highest BCUT2D eigenvalue weighted by Gasteiger charge is 2.14. The number of halogens is 3. The Labute approximate surface area is 109 Å². The minimum Gasteiger partial charge on any atom is -0.136 e. The topological polar surface area (TPSA) is 0 Å². The van der Waals surface area contributed by atoms with Gasteiger partial charge in [0.05, 0.1) is 13.5 Å². The molecule has 2 rings (SSSR count). The van der Waals surface area contributed by atoms with Crippen LogP contribution in [-0.4, -0.2) is 0 Å². The summed E-state index contributed by atoms with van der Waals surface area (Å²) in [5.41, 5.74) is 1.11. The van der Waals surface area contributed by atoms with Crippen molar-refractivity contribution < 1.29 is 0 Å². The third kappa shape index (κ3) is 2.34. The predicted molar refractivity (Wildman–Crippen MR) is 69.0 cm³/mol. The Bertz CT molecular complexity index is 395. The maximum absolute atomic E-state index is 6.30. The summed E-state index contributed by atoms with van der Waals surface area (Å²) in [5, 5.41) is 1.96. The van der Waals surface area contributed by atoms with E-state index in [0.29, 0.717) is 0 Å². The van der Waals surface area contributed by atoms with E-state index in [0.717, 1.165) is 18.6 Å². The van der Waals surface area contributed by atoms with E-state index in [1.165, 1.54) is 11.3 Å². The number of alkyl halides is 1. The van der Waals surface area contributed by atoms with Crippen molar-refractivity contribution in [1.29, 1.82) is 0 Å². The molecule has 2 heterocycles. The molecule has 1 atom stereocenters. The van der Waals surface area contributed by atoms with Crippen LogP contribution < -0.4 is 0 Å². The molecule has 0 fully saturated rings. The van der Waals surface area contributed by atoms with Crippen LogP contribution in [-0.2, 0) is 0 Å². The molecule has 0 aliphatic rings. The lowest BCUT2D eigenvalue weighted by Crippen LogP contribution is -1.85. The Hall–Kier alpha value is 0.460. The fourth-order valence-corrected chi connectivity index (χ4v) is 3.76. The Morgan fingerprint density at radius 3 is 2.64 bits per heavy atom. The summed E-state index contributed by atoms with van der Waals surface area (Å²) in [6.45, 7) is 0. The number of thiophene rings is 2. The summed E-state index contributed by atoms with van der Waals surface area (Å²) in [6, 6.07) is 5.88. The molecule has 0 aliphatic carbocycles. The zero-order chi connectivity index (χ0) is 10.1. The molecule has 74 valence electrons. The van der Waals surface area contributed by atoms with Gasteiger partial charge in [-0.1, -0.05) is 11.6 Å². The molecule has 2 aromatic rings. The lowest BCUT2D eigenvalue weighted by atomic mass is 10.2. The fraction of sp³-hybridized carbons (Fsp3) is 0.111. The second-order valence-electron chi connectivity index (χ2n) is 2.69. The lowest BCUT2D eigenvalue weighted by molar-refractivity contribution is 1.20. The first-order valence-electron chi connectivity index (χ1n) is 3.80. The van der Waals surface area contributed by atoms with Gasteiger partial charge in [0.2, 0.25) is 0 Å². The van der Waals surface area contributed by atoms with E-state index >= 15 is 0 Å². The van der Waals surface area contributed by atoms with Gasteiger partial charge in [0.15, 0.2) is 0 Å². The van der Waals surface area contributed by atoms with E-state index < -0.39 is 0 Å². The van der Waals surface area contributed by atoms with Crippen molar-refractivity contribution in [1.82, 2.24) is 0 Å². The lowest BCUT2D eigenvalue weighted by Gasteiger charge is -2.02. The van der Waals surface area contributed by atoms with Crippen molar-refractivity contribution in [3.63, 3.8) is 0 Å². The van der Waals surface area contributed by atoms with Gasteiger partial charge in [0.25, 0.3) is 0 Å². The number of hydrogen-bond acceptors (Lipinski definition) is 2. The van der Waals surface area contributed by atoms with Gasteiger partial charge in [-0.25, -0.2) is 0 Å². The fourth-order valence-electron chi connectivity index (χ4n) is 1.09. The Kier molecular flexibility index (Phi) is 3.55. The highest BCUT2D eigenvalue weighted by atomic mass is 79.9. The molecule has 0 N–H and O–H groups in total. The highest BCUT2D eigenvalue weighted by Crippen LogP contribution is 2.37. The summed E-state index contributed by atoms with van der Waals surface area (Å²) in [7, 11) is 0. The second-order valence-corrected chi connectivity index (χ2v) is 7.16. The van der Waals surface area contributed by atoms with Crippen molar-refractivity contribution in [3.8, 4) is 0 Å². The first-order chi connectivity index (χ1) is 6.66. The molecule has 0 bridgehead atoms. The van der Waals surface area contributed by atoms with E-state index in [4.69, 9.17) is 23.2 Å². The largest absolute Gasteiger partial charge is 0.136 e. The second kappa shape index (κ2) is 4.54. The maximum Gasteiger partial charge on any atom is 0.0936 e. The van der Waals surface area contributed by atoms with Gasteiger partial charge in [-0.2, -0.15) is 0 Å².